The predicted molar refractivity (Wildman–Crippen MR) is 81.6 cm³/mol. The van der Waals surface area contributed by atoms with Gasteiger partial charge >= 0.3 is 0 Å². The molecule has 1 saturated carbocycles. The fraction of sp³-hybridized carbons (Fsp3) is 0.688. The molecule has 1 aliphatic carbocycles. The fourth-order valence-corrected chi connectivity index (χ4v) is 3.86. The number of rotatable bonds is 4. The number of anilines is 1. The lowest BCUT2D eigenvalue weighted by Crippen LogP contribution is -2.46. The Morgan fingerprint density at radius 2 is 2.04 bits per heavy atom. The van der Waals surface area contributed by atoms with Crippen LogP contribution in [-0.4, -0.2) is 54.1 Å². The van der Waals surface area contributed by atoms with Crippen molar-refractivity contribution in [1.82, 2.24) is 15.3 Å². The summed E-state index contributed by atoms with van der Waals surface area (Å²) in [6, 6.07) is 0. The van der Waals surface area contributed by atoms with Gasteiger partial charge in [-0.1, -0.05) is 0 Å². The summed E-state index contributed by atoms with van der Waals surface area (Å²) in [7, 11) is 0. The third-order valence-electron chi connectivity index (χ3n) is 5.33. The molecule has 0 spiro atoms. The van der Waals surface area contributed by atoms with Gasteiger partial charge in [-0.05, 0) is 0 Å². The summed E-state index contributed by atoms with van der Waals surface area (Å²) >= 11 is 0. The van der Waals surface area contributed by atoms with Crippen molar-refractivity contribution in [3.8, 4) is 0 Å². The van der Waals surface area contributed by atoms with Crippen LogP contribution in [0, 0.1) is 23.6 Å². The zero-order chi connectivity index (χ0) is 17.6. The number of alkyl halides is 2. The quantitative estimate of drug-likeness (QED) is 0.879. The van der Waals surface area contributed by atoms with Crippen molar-refractivity contribution in [2.24, 2.45) is 17.8 Å². The number of nitrogens with zero attached hydrogens (tertiary/aromatic N) is 3. The Balaban J connectivity index is 1.30. The molecule has 1 aromatic heterocycles. The highest BCUT2D eigenvalue weighted by molar-refractivity contribution is 5.79. The normalized spacial score (nSPS) is 30.8. The van der Waals surface area contributed by atoms with Gasteiger partial charge in [0.2, 0.25) is 17.8 Å². The van der Waals surface area contributed by atoms with Crippen LogP contribution in [0.1, 0.15) is 12.8 Å². The molecule has 3 heterocycles. The topological polar surface area (TPSA) is 67.3 Å². The first-order chi connectivity index (χ1) is 11.9. The van der Waals surface area contributed by atoms with Crippen molar-refractivity contribution < 1.29 is 22.7 Å². The first-order valence-electron chi connectivity index (χ1n) is 8.41. The Bertz CT molecular complexity index is 649. The van der Waals surface area contributed by atoms with Gasteiger partial charge in [0, 0.05) is 50.2 Å². The number of nitrogens with one attached hydrogen (secondary N) is 1. The van der Waals surface area contributed by atoms with Crippen LogP contribution in [0.5, 0.6) is 0 Å². The maximum atomic E-state index is 12.9. The number of fused-ring (bicyclic) bond motifs is 1. The molecular formula is C16H19F3N4O2. The molecule has 3 aliphatic rings. The van der Waals surface area contributed by atoms with Gasteiger partial charge < -0.3 is 15.0 Å². The lowest BCUT2D eigenvalue weighted by Gasteiger charge is -2.34. The molecule has 4 rings (SSSR count). The van der Waals surface area contributed by atoms with E-state index < -0.39 is 17.7 Å². The van der Waals surface area contributed by atoms with E-state index in [1.807, 2.05) is 4.90 Å². The van der Waals surface area contributed by atoms with E-state index in [4.69, 9.17) is 4.74 Å². The van der Waals surface area contributed by atoms with Crippen LogP contribution in [-0.2, 0) is 9.53 Å². The first-order valence-corrected chi connectivity index (χ1v) is 8.41. The SMILES string of the molecule is O=C(NC[C@@H]1CO[C@H]2CN(c3ncc(F)cn3)C[C@@H]12)C1CC(F)(F)C1. The lowest BCUT2D eigenvalue weighted by atomic mass is 9.80. The van der Waals surface area contributed by atoms with Crippen molar-refractivity contribution in [1.29, 1.82) is 0 Å². The lowest BCUT2D eigenvalue weighted by molar-refractivity contribution is -0.150. The smallest absolute Gasteiger partial charge is 0.249 e. The molecule has 6 nitrogen and oxygen atoms in total. The van der Waals surface area contributed by atoms with Gasteiger partial charge in [-0.25, -0.2) is 23.1 Å². The molecular weight excluding hydrogens is 337 g/mol. The first kappa shape index (κ1) is 16.6. The maximum absolute atomic E-state index is 12.9. The molecule has 1 aromatic rings. The zero-order valence-electron chi connectivity index (χ0n) is 13.5. The zero-order valence-corrected chi connectivity index (χ0v) is 13.5. The van der Waals surface area contributed by atoms with Crippen LogP contribution in [0.4, 0.5) is 19.1 Å². The Morgan fingerprint density at radius 1 is 1.32 bits per heavy atom. The number of hydrogen-bond donors (Lipinski definition) is 1. The van der Waals surface area contributed by atoms with E-state index in [9.17, 15) is 18.0 Å². The third-order valence-corrected chi connectivity index (χ3v) is 5.33. The Morgan fingerprint density at radius 3 is 2.72 bits per heavy atom. The molecule has 1 N–H and O–H groups in total. The summed E-state index contributed by atoms with van der Waals surface area (Å²) in [6.07, 6.45) is 1.56. The average molecular weight is 356 g/mol. The molecule has 0 bridgehead atoms. The number of ether oxygens (including phenoxy) is 1. The van der Waals surface area contributed by atoms with Gasteiger partial charge in [0.25, 0.3) is 0 Å². The van der Waals surface area contributed by atoms with Crippen LogP contribution < -0.4 is 10.2 Å². The van der Waals surface area contributed by atoms with E-state index in [1.165, 1.54) is 0 Å². The van der Waals surface area contributed by atoms with Crippen LogP contribution in [0.3, 0.4) is 0 Å². The van der Waals surface area contributed by atoms with Crippen molar-refractivity contribution >= 4 is 11.9 Å². The molecule has 3 fully saturated rings. The fourth-order valence-electron chi connectivity index (χ4n) is 3.86. The third kappa shape index (κ3) is 3.29. The highest BCUT2D eigenvalue weighted by Crippen LogP contribution is 2.42. The minimum atomic E-state index is -2.69. The summed E-state index contributed by atoms with van der Waals surface area (Å²) in [6.45, 7) is 2.24. The molecule has 3 atom stereocenters. The molecule has 0 radical (unpaired) electrons. The van der Waals surface area contributed by atoms with E-state index in [-0.39, 0.29) is 36.7 Å². The number of carbonyl (C=O) groups is 1. The van der Waals surface area contributed by atoms with Crippen molar-refractivity contribution in [2.75, 3.05) is 31.1 Å². The number of amides is 1. The van der Waals surface area contributed by atoms with Crippen molar-refractivity contribution in [3.05, 3.63) is 18.2 Å². The Labute approximate surface area is 142 Å². The monoisotopic (exact) mass is 356 g/mol. The van der Waals surface area contributed by atoms with E-state index in [0.29, 0.717) is 32.2 Å². The average Bonchev–Trinajstić information content (AvgIpc) is 3.12. The number of aromatic nitrogens is 2. The highest BCUT2D eigenvalue weighted by Gasteiger charge is 2.49. The second-order valence-electron chi connectivity index (χ2n) is 7.11. The highest BCUT2D eigenvalue weighted by atomic mass is 19.3. The summed E-state index contributed by atoms with van der Waals surface area (Å²) in [4.78, 5) is 21.8. The number of halogens is 3. The molecule has 136 valence electrons. The van der Waals surface area contributed by atoms with Crippen LogP contribution in [0.2, 0.25) is 0 Å². The summed E-state index contributed by atoms with van der Waals surface area (Å²) in [5, 5.41) is 2.79. The van der Waals surface area contributed by atoms with Crippen LogP contribution in [0.15, 0.2) is 12.4 Å². The predicted octanol–water partition coefficient (Wildman–Crippen LogP) is 1.23. The van der Waals surface area contributed by atoms with E-state index >= 15 is 0 Å². The minimum absolute atomic E-state index is 0.0172. The molecule has 9 heteroatoms. The molecule has 0 unspecified atom stereocenters. The summed E-state index contributed by atoms with van der Waals surface area (Å²) in [5.74, 6) is -3.27. The van der Waals surface area contributed by atoms with Crippen LogP contribution >= 0.6 is 0 Å². The van der Waals surface area contributed by atoms with Gasteiger partial charge in [-0.3, -0.25) is 4.79 Å². The molecule has 0 aromatic carbocycles. The number of carbonyl (C=O) groups excluding carboxylic acids is 1. The molecule has 2 saturated heterocycles. The molecule has 25 heavy (non-hydrogen) atoms. The second-order valence-corrected chi connectivity index (χ2v) is 7.11. The van der Waals surface area contributed by atoms with Gasteiger partial charge in [-0.2, -0.15) is 0 Å². The van der Waals surface area contributed by atoms with Gasteiger partial charge in [-0.15, -0.1) is 0 Å². The van der Waals surface area contributed by atoms with Crippen molar-refractivity contribution in [3.63, 3.8) is 0 Å². The maximum Gasteiger partial charge on any atom is 0.249 e. The summed E-state index contributed by atoms with van der Waals surface area (Å²) in [5.41, 5.74) is 0. The van der Waals surface area contributed by atoms with Gasteiger partial charge in [0.1, 0.15) is 0 Å². The standard InChI is InChI=1S/C16H19F3N4O2/c17-11-4-21-15(22-5-11)23-6-12-10(8-25-13(12)7-23)3-20-14(24)9-1-16(18,19)2-9/h4-5,9-10,12-13H,1-3,6-8H2,(H,20,24)/t10-,12+,13+/m1/s1. The minimum Gasteiger partial charge on any atom is -0.376 e. The van der Waals surface area contributed by atoms with E-state index in [2.05, 4.69) is 15.3 Å². The number of hydrogen-bond acceptors (Lipinski definition) is 5. The van der Waals surface area contributed by atoms with Crippen LogP contribution in [0.25, 0.3) is 0 Å². The largest absolute Gasteiger partial charge is 0.376 e. The molecule has 2 aliphatic heterocycles. The van der Waals surface area contributed by atoms with Gasteiger partial charge in [0.05, 0.1) is 25.1 Å². The Hall–Kier alpha value is -1.90. The summed E-state index contributed by atoms with van der Waals surface area (Å²) < 4.78 is 44.4. The van der Waals surface area contributed by atoms with E-state index in [1.54, 1.807) is 0 Å². The van der Waals surface area contributed by atoms with Crippen molar-refractivity contribution in [2.45, 2.75) is 24.9 Å². The Kier molecular flexibility index (Phi) is 4.05. The molecule has 1 amide bonds. The van der Waals surface area contributed by atoms with Gasteiger partial charge in [0.15, 0.2) is 5.82 Å². The van der Waals surface area contributed by atoms with E-state index in [0.717, 1.165) is 12.4 Å². The second kappa shape index (κ2) is 6.12.